The summed E-state index contributed by atoms with van der Waals surface area (Å²) in [6, 6.07) is 7.31. The van der Waals surface area contributed by atoms with Crippen LogP contribution in [0.4, 0.5) is 5.69 Å². The molecule has 1 aromatic carbocycles. The summed E-state index contributed by atoms with van der Waals surface area (Å²) in [5, 5.41) is 0. The SMILES string of the molecule is CCOCC(=O)Cc1ccc(N)cc1. The Labute approximate surface area is 83.9 Å². The first-order chi connectivity index (χ1) is 6.72. The molecule has 0 aliphatic carbocycles. The summed E-state index contributed by atoms with van der Waals surface area (Å²) < 4.78 is 5.02. The van der Waals surface area contributed by atoms with E-state index in [0.29, 0.717) is 18.7 Å². The number of ketones is 1. The highest BCUT2D eigenvalue weighted by Gasteiger charge is 2.02. The third kappa shape index (κ3) is 3.58. The summed E-state index contributed by atoms with van der Waals surface area (Å²) in [5.41, 5.74) is 7.22. The monoisotopic (exact) mass is 193 g/mol. The first kappa shape index (κ1) is 10.7. The molecule has 14 heavy (non-hydrogen) atoms. The van der Waals surface area contributed by atoms with E-state index in [0.717, 1.165) is 5.56 Å². The summed E-state index contributed by atoms with van der Waals surface area (Å²) in [4.78, 5) is 11.3. The number of nitrogen functional groups attached to an aromatic ring is 1. The van der Waals surface area contributed by atoms with E-state index in [-0.39, 0.29) is 12.4 Å². The quantitative estimate of drug-likeness (QED) is 0.719. The van der Waals surface area contributed by atoms with Crippen molar-refractivity contribution in [3.05, 3.63) is 29.8 Å². The molecule has 0 aliphatic heterocycles. The number of ether oxygens (including phenoxy) is 1. The van der Waals surface area contributed by atoms with Gasteiger partial charge in [-0.2, -0.15) is 0 Å². The van der Waals surface area contributed by atoms with Gasteiger partial charge >= 0.3 is 0 Å². The smallest absolute Gasteiger partial charge is 0.162 e. The van der Waals surface area contributed by atoms with Gasteiger partial charge in [-0.3, -0.25) is 4.79 Å². The van der Waals surface area contributed by atoms with Crippen LogP contribution in [0.2, 0.25) is 0 Å². The maximum atomic E-state index is 11.3. The van der Waals surface area contributed by atoms with E-state index in [2.05, 4.69) is 0 Å². The van der Waals surface area contributed by atoms with Crippen molar-refractivity contribution in [3.63, 3.8) is 0 Å². The van der Waals surface area contributed by atoms with Gasteiger partial charge in [-0.1, -0.05) is 12.1 Å². The summed E-state index contributed by atoms with van der Waals surface area (Å²) in [7, 11) is 0. The third-order valence-corrected chi connectivity index (χ3v) is 1.85. The Morgan fingerprint density at radius 3 is 2.57 bits per heavy atom. The van der Waals surface area contributed by atoms with Crippen LogP contribution in [0, 0.1) is 0 Å². The Morgan fingerprint density at radius 2 is 2.00 bits per heavy atom. The molecule has 1 rings (SSSR count). The molecule has 0 unspecified atom stereocenters. The predicted molar refractivity (Wildman–Crippen MR) is 56.1 cm³/mol. The molecule has 0 atom stereocenters. The molecule has 0 spiro atoms. The van der Waals surface area contributed by atoms with Crippen LogP contribution in [0.15, 0.2) is 24.3 Å². The first-order valence-electron chi connectivity index (χ1n) is 4.66. The third-order valence-electron chi connectivity index (χ3n) is 1.85. The van der Waals surface area contributed by atoms with Gasteiger partial charge < -0.3 is 10.5 Å². The van der Waals surface area contributed by atoms with Crippen molar-refractivity contribution < 1.29 is 9.53 Å². The fourth-order valence-corrected chi connectivity index (χ4v) is 1.13. The van der Waals surface area contributed by atoms with Crippen LogP contribution < -0.4 is 5.73 Å². The van der Waals surface area contributed by atoms with Gasteiger partial charge in [0.15, 0.2) is 5.78 Å². The molecule has 1 aromatic rings. The minimum Gasteiger partial charge on any atom is -0.399 e. The zero-order chi connectivity index (χ0) is 10.4. The fourth-order valence-electron chi connectivity index (χ4n) is 1.13. The average Bonchev–Trinajstić information content (AvgIpc) is 2.18. The van der Waals surface area contributed by atoms with Gasteiger partial charge in [0, 0.05) is 18.7 Å². The molecule has 0 aromatic heterocycles. The number of hydrogen-bond donors (Lipinski definition) is 1. The van der Waals surface area contributed by atoms with E-state index in [1.165, 1.54) is 0 Å². The van der Waals surface area contributed by atoms with Crippen molar-refractivity contribution in [3.8, 4) is 0 Å². The average molecular weight is 193 g/mol. The van der Waals surface area contributed by atoms with E-state index in [1.807, 2.05) is 19.1 Å². The van der Waals surface area contributed by atoms with Crippen LogP contribution in [-0.2, 0) is 16.0 Å². The largest absolute Gasteiger partial charge is 0.399 e. The van der Waals surface area contributed by atoms with Crippen molar-refractivity contribution >= 4 is 11.5 Å². The molecule has 0 aliphatic rings. The normalized spacial score (nSPS) is 10.1. The predicted octanol–water partition coefficient (Wildman–Crippen LogP) is 1.42. The number of rotatable bonds is 5. The molecule has 2 N–H and O–H groups in total. The van der Waals surface area contributed by atoms with Crippen molar-refractivity contribution in [2.45, 2.75) is 13.3 Å². The number of carbonyl (C=O) groups excluding carboxylic acids is 1. The van der Waals surface area contributed by atoms with Crippen molar-refractivity contribution in [1.29, 1.82) is 0 Å². The Morgan fingerprint density at radius 1 is 1.36 bits per heavy atom. The molecule has 0 amide bonds. The first-order valence-corrected chi connectivity index (χ1v) is 4.66. The molecule has 0 saturated carbocycles. The Hall–Kier alpha value is -1.35. The van der Waals surface area contributed by atoms with Crippen LogP contribution in [0.25, 0.3) is 0 Å². The lowest BCUT2D eigenvalue weighted by atomic mass is 10.1. The van der Waals surface area contributed by atoms with E-state index in [9.17, 15) is 4.79 Å². The number of carbonyl (C=O) groups is 1. The Balaban J connectivity index is 2.44. The van der Waals surface area contributed by atoms with Crippen molar-refractivity contribution in [1.82, 2.24) is 0 Å². The lowest BCUT2D eigenvalue weighted by Gasteiger charge is -2.01. The second-order valence-corrected chi connectivity index (χ2v) is 3.09. The molecular weight excluding hydrogens is 178 g/mol. The van der Waals surface area contributed by atoms with E-state index >= 15 is 0 Å². The molecule has 0 bridgehead atoms. The molecule has 3 heteroatoms. The van der Waals surface area contributed by atoms with Crippen LogP contribution in [-0.4, -0.2) is 19.0 Å². The van der Waals surface area contributed by atoms with Gasteiger partial charge in [0.2, 0.25) is 0 Å². The van der Waals surface area contributed by atoms with Gasteiger partial charge in [0.1, 0.15) is 6.61 Å². The molecule has 0 heterocycles. The van der Waals surface area contributed by atoms with Gasteiger partial charge in [-0.15, -0.1) is 0 Å². The lowest BCUT2D eigenvalue weighted by Crippen LogP contribution is -2.11. The zero-order valence-corrected chi connectivity index (χ0v) is 8.32. The number of hydrogen-bond acceptors (Lipinski definition) is 3. The van der Waals surface area contributed by atoms with Crippen molar-refractivity contribution in [2.24, 2.45) is 0 Å². The van der Waals surface area contributed by atoms with E-state index in [4.69, 9.17) is 10.5 Å². The van der Waals surface area contributed by atoms with Crippen LogP contribution >= 0.6 is 0 Å². The molecule has 0 fully saturated rings. The maximum absolute atomic E-state index is 11.3. The number of nitrogens with two attached hydrogens (primary N) is 1. The molecule has 76 valence electrons. The van der Waals surface area contributed by atoms with Gasteiger partial charge in [-0.25, -0.2) is 0 Å². The van der Waals surface area contributed by atoms with Crippen LogP contribution in [0.3, 0.4) is 0 Å². The molecule has 0 saturated heterocycles. The minimum absolute atomic E-state index is 0.0941. The minimum atomic E-state index is 0.0941. The summed E-state index contributed by atoms with van der Waals surface area (Å²) in [5.74, 6) is 0.0941. The molecule has 0 radical (unpaired) electrons. The van der Waals surface area contributed by atoms with Crippen LogP contribution in [0.5, 0.6) is 0 Å². The second-order valence-electron chi connectivity index (χ2n) is 3.09. The van der Waals surface area contributed by atoms with Crippen LogP contribution in [0.1, 0.15) is 12.5 Å². The highest BCUT2D eigenvalue weighted by atomic mass is 16.5. The summed E-state index contributed by atoms with van der Waals surface area (Å²) in [6.45, 7) is 2.64. The van der Waals surface area contributed by atoms with Gasteiger partial charge in [-0.05, 0) is 24.6 Å². The van der Waals surface area contributed by atoms with E-state index in [1.54, 1.807) is 12.1 Å². The summed E-state index contributed by atoms with van der Waals surface area (Å²) >= 11 is 0. The fraction of sp³-hybridized carbons (Fsp3) is 0.364. The van der Waals surface area contributed by atoms with Crippen molar-refractivity contribution in [2.75, 3.05) is 18.9 Å². The van der Waals surface area contributed by atoms with Gasteiger partial charge in [0.05, 0.1) is 0 Å². The number of Topliss-reactive ketones (excluding diaryl/α,β-unsaturated/α-hetero) is 1. The highest BCUT2D eigenvalue weighted by molar-refractivity contribution is 5.82. The van der Waals surface area contributed by atoms with E-state index < -0.39 is 0 Å². The number of benzene rings is 1. The topological polar surface area (TPSA) is 52.3 Å². The zero-order valence-electron chi connectivity index (χ0n) is 8.32. The summed E-state index contributed by atoms with van der Waals surface area (Å²) in [6.07, 6.45) is 0.417. The lowest BCUT2D eigenvalue weighted by molar-refractivity contribution is -0.122. The maximum Gasteiger partial charge on any atom is 0.162 e. The molecule has 3 nitrogen and oxygen atoms in total. The molecular formula is C11H15NO2. The second kappa shape index (κ2) is 5.40. The highest BCUT2D eigenvalue weighted by Crippen LogP contribution is 2.06. The Kier molecular flexibility index (Phi) is 4.13. The van der Waals surface area contributed by atoms with Gasteiger partial charge in [0.25, 0.3) is 0 Å². The number of anilines is 1. The standard InChI is InChI=1S/C11H15NO2/c1-2-14-8-11(13)7-9-3-5-10(12)6-4-9/h3-6H,2,7-8,12H2,1H3. The Bertz CT molecular complexity index is 293.